The molecule has 1 unspecified atom stereocenters. The van der Waals surface area contributed by atoms with E-state index in [0.29, 0.717) is 19.6 Å². The molecule has 118 valence electrons. The minimum absolute atomic E-state index is 0.132. The van der Waals surface area contributed by atoms with E-state index in [4.69, 9.17) is 14.2 Å². The van der Waals surface area contributed by atoms with Crippen molar-refractivity contribution in [3.05, 3.63) is 30.5 Å². The van der Waals surface area contributed by atoms with Crippen LogP contribution in [0.5, 0.6) is 5.75 Å². The molecule has 0 aliphatic carbocycles. The van der Waals surface area contributed by atoms with E-state index >= 15 is 0 Å². The minimum atomic E-state index is -0.132. The number of fused-ring (bicyclic) bond motifs is 1. The summed E-state index contributed by atoms with van der Waals surface area (Å²) in [6, 6.07) is 8.10. The lowest BCUT2D eigenvalue weighted by atomic mass is 10.2. The van der Waals surface area contributed by atoms with Crippen LogP contribution in [-0.4, -0.2) is 36.5 Å². The van der Waals surface area contributed by atoms with Crippen LogP contribution in [0, 0.1) is 0 Å². The van der Waals surface area contributed by atoms with Gasteiger partial charge in [0.2, 0.25) is 0 Å². The largest absolute Gasteiger partial charge is 0.490 e. The van der Waals surface area contributed by atoms with Gasteiger partial charge < -0.3 is 18.8 Å². The van der Waals surface area contributed by atoms with Crippen LogP contribution in [0.25, 0.3) is 10.9 Å². The smallest absolute Gasteiger partial charge is 0.305 e. The van der Waals surface area contributed by atoms with Crippen LogP contribution >= 0.6 is 0 Å². The van der Waals surface area contributed by atoms with Gasteiger partial charge in [-0.25, -0.2) is 0 Å². The summed E-state index contributed by atoms with van der Waals surface area (Å²) in [6.45, 7) is 4.46. The lowest BCUT2D eigenvalue weighted by molar-refractivity contribution is -0.143. The second-order valence-corrected chi connectivity index (χ2v) is 5.37. The zero-order valence-corrected chi connectivity index (χ0v) is 12.8. The molecule has 0 saturated carbocycles. The molecule has 3 rings (SSSR count). The predicted molar refractivity (Wildman–Crippen MR) is 83.0 cm³/mol. The standard InChI is InChI=1S/C17H21NO4/c1-2-20-17(19)7-4-9-18-10-8-14-15(18)5-3-6-16(14)22-12-13-11-21-13/h3,5-6,8,10,13H,2,4,7,9,11-12H2,1H3. The summed E-state index contributed by atoms with van der Waals surface area (Å²) in [7, 11) is 0. The maximum Gasteiger partial charge on any atom is 0.305 e. The maximum atomic E-state index is 11.4. The zero-order valence-electron chi connectivity index (χ0n) is 12.8. The number of ether oxygens (including phenoxy) is 3. The van der Waals surface area contributed by atoms with Gasteiger partial charge in [-0.2, -0.15) is 0 Å². The van der Waals surface area contributed by atoms with E-state index in [1.807, 2.05) is 25.3 Å². The fourth-order valence-corrected chi connectivity index (χ4v) is 2.49. The molecule has 1 aliphatic rings. The lowest BCUT2D eigenvalue weighted by Crippen LogP contribution is -2.06. The monoisotopic (exact) mass is 303 g/mol. The Morgan fingerprint density at radius 1 is 1.41 bits per heavy atom. The van der Waals surface area contributed by atoms with Crippen LogP contribution in [-0.2, 0) is 20.8 Å². The Morgan fingerprint density at radius 2 is 2.27 bits per heavy atom. The normalized spacial score (nSPS) is 16.7. The summed E-state index contributed by atoms with van der Waals surface area (Å²) in [5.74, 6) is 0.754. The summed E-state index contributed by atoms with van der Waals surface area (Å²) in [5, 5.41) is 1.10. The molecule has 1 saturated heterocycles. The highest BCUT2D eigenvalue weighted by molar-refractivity contribution is 5.86. The van der Waals surface area contributed by atoms with Crippen molar-refractivity contribution >= 4 is 16.9 Å². The van der Waals surface area contributed by atoms with Gasteiger partial charge in [0.15, 0.2) is 0 Å². The Bertz CT molecular complexity index is 645. The third-order valence-electron chi connectivity index (χ3n) is 3.69. The topological polar surface area (TPSA) is 53.0 Å². The average Bonchev–Trinajstić information content (AvgIpc) is 3.25. The molecule has 2 heterocycles. The van der Waals surface area contributed by atoms with Crippen LogP contribution in [0.3, 0.4) is 0 Å². The van der Waals surface area contributed by atoms with Gasteiger partial charge in [0, 0.05) is 24.5 Å². The Hall–Kier alpha value is -2.01. The zero-order chi connectivity index (χ0) is 15.4. The van der Waals surface area contributed by atoms with Gasteiger partial charge in [-0.05, 0) is 31.5 Å². The molecule has 0 N–H and O–H groups in total. The van der Waals surface area contributed by atoms with Gasteiger partial charge in [0.05, 0.1) is 18.7 Å². The van der Waals surface area contributed by atoms with Gasteiger partial charge in [-0.3, -0.25) is 4.79 Å². The van der Waals surface area contributed by atoms with Crippen molar-refractivity contribution < 1.29 is 19.0 Å². The fourth-order valence-electron chi connectivity index (χ4n) is 2.49. The molecule has 1 aromatic heterocycles. The molecule has 1 atom stereocenters. The Morgan fingerprint density at radius 3 is 3.05 bits per heavy atom. The quantitative estimate of drug-likeness (QED) is 0.556. The lowest BCUT2D eigenvalue weighted by Gasteiger charge is -2.08. The highest BCUT2D eigenvalue weighted by Crippen LogP contribution is 2.27. The van der Waals surface area contributed by atoms with E-state index in [-0.39, 0.29) is 12.1 Å². The number of carbonyl (C=O) groups is 1. The number of carbonyl (C=O) groups excluding carboxylic acids is 1. The molecule has 22 heavy (non-hydrogen) atoms. The molecule has 0 bridgehead atoms. The number of aryl methyl sites for hydroxylation is 1. The first kappa shape index (κ1) is 14.9. The molecule has 0 spiro atoms. The van der Waals surface area contributed by atoms with Gasteiger partial charge in [-0.1, -0.05) is 6.07 Å². The average molecular weight is 303 g/mol. The first-order valence-electron chi connectivity index (χ1n) is 7.76. The van der Waals surface area contributed by atoms with Crippen molar-refractivity contribution in [1.82, 2.24) is 4.57 Å². The number of aromatic nitrogens is 1. The van der Waals surface area contributed by atoms with Crippen LogP contribution < -0.4 is 4.74 Å². The summed E-state index contributed by atoms with van der Waals surface area (Å²) in [6.07, 6.45) is 3.50. The van der Waals surface area contributed by atoms with Gasteiger partial charge in [0.1, 0.15) is 18.5 Å². The third-order valence-corrected chi connectivity index (χ3v) is 3.69. The molecular weight excluding hydrogens is 282 g/mol. The van der Waals surface area contributed by atoms with E-state index < -0.39 is 0 Å². The fraction of sp³-hybridized carbons (Fsp3) is 0.471. The highest BCUT2D eigenvalue weighted by Gasteiger charge is 2.23. The second kappa shape index (κ2) is 6.83. The Balaban J connectivity index is 1.63. The van der Waals surface area contributed by atoms with Crippen molar-refractivity contribution in [3.63, 3.8) is 0 Å². The van der Waals surface area contributed by atoms with Gasteiger partial charge in [0.25, 0.3) is 0 Å². The van der Waals surface area contributed by atoms with Crippen molar-refractivity contribution in [1.29, 1.82) is 0 Å². The van der Waals surface area contributed by atoms with Crippen molar-refractivity contribution in [2.75, 3.05) is 19.8 Å². The second-order valence-electron chi connectivity index (χ2n) is 5.37. The van der Waals surface area contributed by atoms with Gasteiger partial charge in [-0.15, -0.1) is 0 Å². The number of benzene rings is 1. The van der Waals surface area contributed by atoms with Crippen LogP contribution in [0.4, 0.5) is 0 Å². The van der Waals surface area contributed by atoms with Gasteiger partial charge >= 0.3 is 5.97 Å². The van der Waals surface area contributed by atoms with E-state index in [0.717, 1.165) is 36.2 Å². The number of hydrogen-bond donors (Lipinski definition) is 0. The van der Waals surface area contributed by atoms with E-state index in [9.17, 15) is 4.79 Å². The van der Waals surface area contributed by atoms with E-state index in [1.54, 1.807) is 0 Å². The molecular formula is C17H21NO4. The first-order valence-corrected chi connectivity index (χ1v) is 7.76. The number of rotatable bonds is 8. The number of epoxide rings is 1. The number of esters is 1. The molecule has 0 amide bonds. The van der Waals surface area contributed by atoms with Crippen LogP contribution in [0.2, 0.25) is 0 Å². The maximum absolute atomic E-state index is 11.4. The molecule has 5 heteroatoms. The summed E-state index contributed by atoms with van der Waals surface area (Å²) in [5.41, 5.74) is 1.12. The van der Waals surface area contributed by atoms with Crippen molar-refractivity contribution in [3.8, 4) is 5.75 Å². The molecule has 0 radical (unpaired) electrons. The molecule has 2 aromatic rings. The van der Waals surface area contributed by atoms with Crippen molar-refractivity contribution in [2.24, 2.45) is 0 Å². The van der Waals surface area contributed by atoms with Crippen LogP contribution in [0.15, 0.2) is 30.5 Å². The summed E-state index contributed by atoms with van der Waals surface area (Å²) in [4.78, 5) is 11.4. The number of hydrogen-bond acceptors (Lipinski definition) is 4. The van der Waals surface area contributed by atoms with Crippen LogP contribution in [0.1, 0.15) is 19.8 Å². The molecule has 5 nitrogen and oxygen atoms in total. The summed E-state index contributed by atoms with van der Waals surface area (Å²) >= 11 is 0. The minimum Gasteiger partial charge on any atom is -0.490 e. The van der Waals surface area contributed by atoms with Crippen molar-refractivity contribution in [2.45, 2.75) is 32.4 Å². The molecule has 1 fully saturated rings. The van der Waals surface area contributed by atoms with E-state index in [2.05, 4.69) is 16.7 Å². The third kappa shape index (κ3) is 3.60. The van der Waals surface area contributed by atoms with E-state index in [1.165, 1.54) is 0 Å². The molecule has 1 aliphatic heterocycles. The SMILES string of the molecule is CCOC(=O)CCCn1ccc2c(OCC3CO3)cccc21. The Kier molecular flexibility index (Phi) is 4.63. The first-order chi connectivity index (χ1) is 10.8. The highest BCUT2D eigenvalue weighted by atomic mass is 16.6. The summed E-state index contributed by atoms with van der Waals surface area (Å²) < 4.78 is 18.1. The predicted octanol–water partition coefficient (Wildman–Crippen LogP) is 2.76. The number of nitrogens with zero attached hydrogens (tertiary/aromatic N) is 1. The molecule has 1 aromatic carbocycles. The Labute approximate surface area is 129 Å².